The lowest BCUT2D eigenvalue weighted by molar-refractivity contribution is 0.0374. The van der Waals surface area contributed by atoms with Crippen LogP contribution >= 0.6 is 22.7 Å². The second kappa shape index (κ2) is 8.16. The van der Waals surface area contributed by atoms with Gasteiger partial charge in [0.1, 0.15) is 5.01 Å². The average molecular weight is 355 g/mol. The van der Waals surface area contributed by atoms with Crippen molar-refractivity contribution in [2.75, 3.05) is 45.2 Å². The van der Waals surface area contributed by atoms with E-state index in [9.17, 15) is 5.11 Å². The summed E-state index contributed by atoms with van der Waals surface area (Å²) in [5, 5.41) is 16.2. The fourth-order valence-corrected chi connectivity index (χ4v) is 4.29. The minimum absolute atomic E-state index is 0.00977. The molecule has 2 aromatic heterocycles. The zero-order chi connectivity index (χ0) is 16.1. The molecule has 23 heavy (non-hydrogen) atoms. The van der Waals surface area contributed by atoms with E-state index in [1.54, 1.807) is 22.7 Å². The van der Waals surface area contributed by atoms with Crippen molar-refractivity contribution in [3.63, 3.8) is 0 Å². The van der Waals surface area contributed by atoms with E-state index in [1.165, 1.54) is 0 Å². The minimum atomic E-state index is -0.00977. The van der Waals surface area contributed by atoms with E-state index in [4.69, 9.17) is 4.74 Å². The maximum absolute atomic E-state index is 9.40. The van der Waals surface area contributed by atoms with Crippen LogP contribution in [0.4, 0.5) is 5.13 Å². The third-order valence-electron chi connectivity index (χ3n) is 3.82. The van der Waals surface area contributed by atoms with Gasteiger partial charge in [-0.25, -0.2) is 9.97 Å². The number of morpholine rings is 1. The van der Waals surface area contributed by atoms with Crippen LogP contribution in [0.2, 0.25) is 0 Å². The van der Waals surface area contributed by atoms with Crippen LogP contribution < -0.4 is 5.32 Å². The number of thiazole rings is 2. The van der Waals surface area contributed by atoms with Gasteiger partial charge in [0, 0.05) is 25.5 Å². The van der Waals surface area contributed by atoms with Crippen LogP contribution in [0.25, 0.3) is 10.6 Å². The molecule has 1 fully saturated rings. The maximum atomic E-state index is 9.40. The number of rotatable bonds is 7. The van der Waals surface area contributed by atoms with Crippen LogP contribution in [0.15, 0.2) is 5.38 Å². The van der Waals surface area contributed by atoms with Crippen molar-refractivity contribution >= 4 is 27.8 Å². The lowest BCUT2D eigenvalue weighted by Crippen LogP contribution is -2.36. The number of nitrogens with one attached hydrogen (secondary N) is 1. The molecule has 126 valence electrons. The van der Waals surface area contributed by atoms with Crippen LogP contribution in [-0.4, -0.2) is 59.9 Å². The van der Waals surface area contributed by atoms with Gasteiger partial charge in [-0.1, -0.05) is 0 Å². The molecule has 2 aromatic rings. The summed E-state index contributed by atoms with van der Waals surface area (Å²) in [5.74, 6) is 0. The van der Waals surface area contributed by atoms with E-state index in [1.807, 2.05) is 12.4 Å². The van der Waals surface area contributed by atoms with Crippen molar-refractivity contribution in [1.82, 2.24) is 14.9 Å². The number of aryl methyl sites for hydroxylation is 1. The number of aromatic nitrogens is 2. The van der Waals surface area contributed by atoms with Gasteiger partial charge in [0.25, 0.3) is 0 Å². The first-order valence-electron chi connectivity index (χ1n) is 7.83. The fourth-order valence-electron chi connectivity index (χ4n) is 2.63. The molecule has 0 saturated carbocycles. The van der Waals surface area contributed by atoms with Crippen LogP contribution in [0.5, 0.6) is 0 Å². The highest BCUT2D eigenvalue weighted by Crippen LogP contribution is 2.33. The summed E-state index contributed by atoms with van der Waals surface area (Å²) < 4.78 is 5.38. The highest BCUT2D eigenvalue weighted by Gasteiger charge is 2.16. The number of aliphatic hydroxyl groups is 1. The third-order valence-corrected chi connectivity index (χ3v) is 5.78. The molecule has 3 heterocycles. The molecular formula is C15H22N4O2S2. The zero-order valence-electron chi connectivity index (χ0n) is 13.2. The van der Waals surface area contributed by atoms with E-state index in [-0.39, 0.29) is 6.61 Å². The van der Waals surface area contributed by atoms with Crippen molar-refractivity contribution in [2.45, 2.75) is 19.4 Å². The van der Waals surface area contributed by atoms with Crippen molar-refractivity contribution < 1.29 is 9.84 Å². The zero-order valence-corrected chi connectivity index (χ0v) is 14.9. The summed E-state index contributed by atoms with van der Waals surface area (Å²) in [6.45, 7) is 4.76. The summed E-state index contributed by atoms with van der Waals surface area (Å²) >= 11 is 3.13. The Bertz CT molecular complexity index is 623. The first kappa shape index (κ1) is 16.8. The molecule has 0 atom stereocenters. The normalized spacial score (nSPS) is 15.9. The van der Waals surface area contributed by atoms with Crippen molar-refractivity contribution in [2.24, 2.45) is 0 Å². The van der Waals surface area contributed by atoms with Crippen LogP contribution in [-0.2, 0) is 17.8 Å². The Kier molecular flexibility index (Phi) is 5.96. The summed E-state index contributed by atoms with van der Waals surface area (Å²) in [7, 11) is 1.87. The Labute approximate surface area is 144 Å². The Balaban J connectivity index is 1.66. The van der Waals surface area contributed by atoms with Gasteiger partial charge in [0.05, 0.1) is 36.1 Å². The predicted octanol–water partition coefficient (Wildman–Crippen LogP) is 2.07. The Morgan fingerprint density at radius 1 is 1.35 bits per heavy atom. The molecule has 0 aromatic carbocycles. The number of aliphatic hydroxyl groups excluding tert-OH is 1. The first-order valence-corrected chi connectivity index (χ1v) is 9.53. The molecule has 6 nitrogen and oxygen atoms in total. The van der Waals surface area contributed by atoms with Gasteiger partial charge in [-0.2, -0.15) is 0 Å². The monoisotopic (exact) mass is 354 g/mol. The van der Waals surface area contributed by atoms with Crippen molar-refractivity contribution in [1.29, 1.82) is 0 Å². The van der Waals surface area contributed by atoms with Crippen LogP contribution in [0, 0.1) is 0 Å². The molecule has 0 aliphatic carbocycles. The Morgan fingerprint density at radius 2 is 2.17 bits per heavy atom. The second-order valence-electron chi connectivity index (χ2n) is 5.39. The molecule has 1 saturated heterocycles. The van der Waals surface area contributed by atoms with Gasteiger partial charge in [0.2, 0.25) is 0 Å². The van der Waals surface area contributed by atoms with Crippen LogP contribution in [0.3, 0.4) is 0 Å². The Morgan fingerprint density at radius 3 is 2.87 bits per heavy atom. The SMILES string of the molecule is CNc1nc(-c2sc(CO)nc2CCCN2CCOCC2)cs1. The van der Waals surface area contributed by atoms with E-state index in [2.05, 4.69) is 20.2 Å². The van der Waals surface area contributed by atoms with Crippen molar-refractivity contribution in [3.05, 3.63) is 16.1 Å². The summed E-state index contributed by atoms with van der Waals surface area (Å²) in [4.78, 5) is 12.7. The minimum Gasteiger partial charge on any atom is -0.389 e. The quantitative estimate of drug-likeness (QED) is 0.793. The molecule has 1 aliphatic rings. The molecule has 0 amide bonds. The highest BCUT2D eigenvalue weighted by atomic mass is 32.1. The van der Waals surface area contributed by atoms with Gasteiger partial charge in [0.15, 0.2) is 5.13 Å². The van der Waals surface area contributed by atoms with E-state index in [0.717, 1.165) is 72.1 Å². The van der Waals surface area contributed by atoms with Gasteiger partial charge >= 0.3 is 0 Å². The fraction of sp³-hybridized carbons (Fsp3) is 0.600. The number of hydrogen-bond acceptors (Lipinski definition) is 8. The molecule has 2 N–H and O–H groups in total. The maximum Gasteiger partial charge on any atom is 0.182 e. The second-order valence-corrected chi connectivity index (χ2v) is 7.33. The first-order chi connectivity index (χ1) is 11.3. The van der Waals surface area contributed by atoms with E-state index in [0.29, 0.717) is 0 Å². The molecule has 0 radical (unpaired) electrons. The smallest absolute Gasteiger partial charge is 0.182 e. The van der Waals surface area contributed by atoms with E-state index >= 15 is 0 Å². The van der Waals surface area contributed by atoms with Crippen LogP contribution in [0.1, 0.15) is 17.1 Å². The molecule has 8 heteroatoms. The molecule has 3 rings (SSSR count). The standard InChI is InChI=1S/C15H22N4O2S2/c1-16-15-18-12(10-22-15)14-11(17-13(9-20)23-14)3-2-4-19-5-7-21-8-6-19/h10,20H,2-9H2,1H3,(H,16,18). The average Bonchev–Trinajstić information content (AvgIpc) is 3.22. The third kappa shape index (κ3) is 4.27. The molecule has 1 aliphatic heterocycles. The lowest BCUT2D eigenvalue weighted by Gasteiger charge is -2.26. The number of hydrogen-bond donors (Lipinski definition) is 2. The summed E-state index contributed by atoms with van der Waals surface area (Å²) in [5.41, 5.74) is 2.01. The van der Waals surface area contributed by atoms with Gasteiger partial charge in [-0.05, 0) is 19.4 Å². The number of nitrogens with zero attached hydrogens (tertiary/aromatic N) is 3. The molecule has 0 bridgehead atoms. The van der Waals surface area contributed by atoms with Gasteiger partial charge in [-0.3, -0.25) is 4.90 Å². The highest BCUT2D eigenvalue weighted by molar-refractivity contribution is 7.16. The largest absolute Gasteiger partial charge is 0.389 e. The lowest BCUT2D eigenvalue weighted by atomic mass is 10.2. The van der Waals surface area contributed by atoms with Gasteiger partial charge < -0.3 is 15.2 Å². The van der Waals surface area contributed by atoms with Crippen molar-refractivity contribution in [3.8, 4) is 10.6 Å². The van der Waals surface area contributed by atoms with Gasteiger partial charge in [-0.15, -0.1) is 22.7 Å². The summed E-state index contributed by atoms with van der Waals surface area (Å²) in [6, 6.07) is 0. The predicted molar refractivity (Wildman–Crippen MR) is 94.3 cm³/mol. The Hall–Kier alpha value is -1.06. The van der Waals surface area contributed by atoms with E-state index < -0.39 is 0 Å². The molecular weight excluding hydrogens is 332 g/mol. The summed E-state index contributed by atoms with van der Waals surface area (Å²) in [6.07, 6.45) is 1.97. The molecule has 0 unspecified atom stereocenters. The number of anilines is 1. The topological polar surface area (TPSA) is 70.5 Å². The molecule has 0 spiro atoms. The number of ether oxygens (including phenoxy) is 1.